The van der Waals surface area contributed by atoms with Crippen molar-refractivity contribution in [3.63, 3.8) is 0 Å². The molecule has 0 unspecified atom stereocenters. The number of likely N-dealkylation sites (N-methyl/N-ethyl adjacent to an activating group) is 1. The van der Waals surface area contributed by atoms with E-state index >= 15 is 0 Å². The van der Waals surface area contributed by atoms with Crippen molar-refractivity contribution in [1.82, 2.24) is 14.5 Å². The van der Waals surface area contributed by atoms with Crippen molar-refractivity contribution in [2.45, 2.75) is 19.0 Å². The van der Waals surface area contributed by atoms with Crippen LogP contribution in [-0.2, 0) is 4.79 Å². The standard InChI is InChI=1S/C23H22N4O2S/c1-4-26(14-16(2)3)21(28)15-30-23-25-20-8-6-5-7-19(20)22(29)27(23)18-11-9-17(13-24)10-12-18/h5-12H,2,4,14-15H2,1,3H3. The van der Waals surface area contributed by atoms with Crippen LogP contribution in [-0.4, -0.2) is 39.2 Å². The third-order valence-electron chi connectivity index (χ3n) is 4.52. The van der Waals surface area contributed by atoms with Gasteiger partial charge in [-0.15, -0.1) is 0 Å². The molecule has 1 amide bonds. The minimum Gasteiger partial charge on any atom is -0.338 e. The van der Waals surface area contributed by atoms with Gasteiger partial charge in [-0.2, -0.15) is 5.26 Å². The Hall–Kier alpha value is -3.37. The average molecular weight is 419 g/mol. The number of aromatic nitrogens is 2. The number of amides is 1. The number of hydrogen-bond acceptors (Lipinski definition) is 5. The summed E-state index contributed by atoms with van der Waals surface area (Å²) in [6, 6.07) is 15.9. The number of nitrogens with zero attached hydrogens (tertiary/aromatic N) is 4. The van der Waals surface area contributed by atoms with Gasteiger partial charge < -0.3 is 4.90 Å². The molecule has 0 aliphatic carbocycles. The van der Waals surface area contributed by atoms with Crippen molar-refractivity contribution in [2.75, 3.05) is 18.8 Å². The van der Waals surface area contributed by atoms with Gasteiger partial charge in [0.2, 0.25) is 5.91 Å². The number of thioether (sulfide) groups is 1. The van der Waals surface area contributed by atoms with Crippen LogP contribution >= 0.6 is 11.8 Å². The highest BCUT2D eigenvalue weighted by atomic mass is 32.2. The van der Waals surface area contributed by atoms with Crippen molar-refractivity contribution in [2.24, 2.45) is 0 Å². The van der Waals surface area contributed by atoms with Crippen LogP contribution in [0, 0.1) is 11.3 Å². The Bertz CT molecular complexity index is 1190. The predicted molar refractivity (Wildman–Crippen MR) is 120 cm³/mol. The van der Waals surface area contributed by atoms with Gasteiger partial charge in [0.15, 0.2) is 5.16 Å². The van der Waals surface area contributed by atoms with Crippen LogP contribution in [0.3, 0.4) is 0 Å². The van der Waals surface area contributed by atoms with Gasteiger partial charge in [0.25, 0.3) is 5.56 Å². The first-order valence-corrected chi connectivity index (χ1v) is 10.5. The molecule has 3 rings (SSSR count). The summed E-state index contributed by atoms with van der Waals surface area (Å²) in [7, 11) is 0. The van der Waals surface area contributed by atoms with Crippen molar-refractivity contribution >= 4 is 28.6 Å². The molecule has 2 aromatic carbocycles. The molecule has 0 saturated heterocycles. The molecule has 30 heavy (non-hydrogen) atoms. The number of rotatable bonds is 7. The van der Waals surface area contributed by atoms with E-state index in [2.05, 4.69) is 17.6 Å². The Balaban J connectivity index is 2.02. The molecule has 0 spiro atoms. The molecule has 0 radical (unpaired) electrons. The van der Waals surface area contributed by atoms with Crippen LogP contribution in [0.15, 0.2) is 70.6 Å². The summed E-state index contributed by atoms with van der Waals surface area (Å²) < 4.78 is 1.50. The second-order valence-electron chi connectivity index (χ2n) is 6.86. The molecular formula is C23H22N4O2S. The summed E-state index contributed by atoms with van der Waals surface area (Å²) in [5.74, 6) is 0.113. The van der Waals surface area contributed by atoms with E-state index in [9.17, 15) is 9.59 Å². The summed E-state index contributed by atoms with van der Waals surface area (Å²) in [6.07, 6.45) is 0. The molecule has 3 aromatic rings. The van der Waals surface area contributed by atoms with E-state index in [1.807, 2.05) is 19.9 Å². The molecule has 0 bridgehead atoms. The van der Waals surface area contributed by atoms with Crippen molar-refractivity contribution in [3.8, 4) is 11.8 Å². The molecule has 152 valence electrons. The zero-order valence-electron chi connectivity index (χ0n) is 17.0. The summed E-state index contributed by atoms with van der Waals surface area (Å²) >= 11 is 1.23. The lowest BCUT2D eigenvalue weighted by Crippen LogP contribution is -2.33. The maximum atomic E-state index is 13.2. The zero-order valence-corrected chi connectivity index (χ0v) is 17.8. The lowest BCUT2D eigenvalue weighted by molar-refractivity contribution is -0.127. The fraction of sp³-hybridized carbons (Fsp3) is 0.217. The number of para-hydroxylation sites is 1. The smallest absolute Gasteiger partial charge is 0.266 e. The Labute approximate surface area is 179 Å². The maximum absolute atomic E-state index is 13.2. The third-order valence-corrected chi connectivity index (χ3v) is 5.44. The quantitative estimate of drug-likeness (QED) is 0.331. The van der Waals surface area contributed by atoms with Gasteiger partial charge in [0.1, 0.15) is 0 Å². The van der Waals surface area contributed by atoms with Crippen LogP contribution in [0.1, 0.15) is 19.4 Å². The van der Waals surface area contributed by atoms with Gasteiger partial charge in [-0.3, -0.25) is 14.2 Å². The van der Waals surface area contributed by atoms with E-state index in [-0.39, 0.29) is 17.2 Å². The lowest BCUT2D eigenvalue weighted by atomic mass is 10.2. The van der Waals surface area contributed by atoms with Crippen LogP contribution in [0.4, 0.5) is 0 Å². The SMILES string of the molecule is C=C(C)CN(CC)C(=O)CSc1nc2ccccc2c(=O)n1-c1ccc(C#N)cc1. The topological polar surface area (TPSA) is 79.0 Å². The van der Waals surface area contributed by atoms with Gasteiger partial charge in [0.05, 0.1) is 34.0 Å². The van der Waals surface area contributed by atoms with E-state index in [1.54, 1.807) is 47.4 Å². The van der Waals surface area contributed by atoms with Crippen LogP contribution in [0.5, 0.6) is 0 Å². The predicted octanol–water partition coefficient (Wildman–Crippen LogP) is 3.77. The molecule has 0 aliphatic rings. The Morgan fingerprint density at radius 2 is 1.93 bits per heavy atom. The summed E-state index contributed by atoms with van der Waals surface area (Å²) in [5, 5.41) is 9.98. The molecular weight excluding hydrogens is 396 g/mol. The Kier molecular flexibility index (Phi) is 6.70. The number of nitriles is 1. The molecule has 6 nitrogen and oxygen atoms in total. The fourth-order valence-corrected chi connectivity index (χ4v) is 3.96. The number of hydrogen-bond donors (Lipinski definition) is 0. The zero-order chi connectivity index (χ0) is 21.7. The third kappa shape index (κ3) is 4.61. The number of carbonyl (C=O) groups excluding carboxylic acids is 1. The van der Waals surface area contributed by atoms with Gasteiger partial charge in [-0.1, -0.05) is 36.0 Å². The van der Waals surface area contributed by atoms with Gasteiger partial charge in [-0.25, -0.2) is 4.98 Å². The summed E-state index contributed by atoms with van der Waals surface area (Å²) in [6.45, 7) is 8.77. The van der Waals surface area contributed by atoms with Gasteiger partial charge >= 0.3 is 0 Å². The maximum Gasteiger partial charge on any atom is 0.266 e. The molecule has 1 heterocycles. The van der Waals surface area contributed by atoms with Crippen LogP contribution in [0.2, 0.25) is 0 Å². The van der Waals surface area contributed by atoms with E-state index in [1.165, 1.54) is 16.3 Å². The van der Waals surface area contributed by atoms with Crippen molar-refractivity contribution in [3.05, 3.63) is 76.6 Å². The van der Waals surface area contributed by atoms with E-state index in [0.717, 1.165) is 5.57 Å². The minimum atomic E-state index is -0.213. The molecule has 0 N–H and O–H groups in total. The highest BCUT2D eigenvalue weighted by Gasteiger charge is 2.17. The highest BCUT2D eigenvalue weighted by molar-refractivity contribution is 7.99. The summed E-state index contributed by atoms with van der Waals surface area (Å²) in [5.41, 5.74) is 2.38. The van der Waals surface area contributed by atoms with Gasteiger partial charge in [0, 0.05) is 13.1 Å². The monoisotopic (exact) mass is 418 g/mol. The minimum absolute atomic E-state index is 0.0423. The van der Waals surface area contributed by atoms with Gasteiger partial charge in [-0.05, 0) is 50.2 Å². The van der Waals surface area contributed by atoms with E-state index < -0.39 is 0 Å². The Morgan fingerprint density at radius 3 is 2.57 bits per heavy atom. The van der Waals surface area contributed by atoms with Crippen molar-refractivity contribution in [1.29, 1.82) is 5.26 Å². The van der Waals surface area contributed by atoms with E-state index in [0.29, 0.717) is 40.4 Å². The van der Waals surface area contributed by atoms with Crippen LogP contribution in [0.25, 0.3) is 16.6 Å². The molecule has 0 aliphatic heterocycles. The number of fused-ring (bicyclic) bond motifs is 1. The Morgan fingerprint density at radius 1 is 1.23 bits per heavy atom. The molecule has 0 atom stereocenters. The molecule has 1 aromatic heterocycles. The first-order valence-electron chi connectivity index (χ1n) is 9.52. The normalized spacial score (nSPS) is 10.6. The summed E-state index contributed by atoms with van der Waals surface area (Å²) in [4.78, 5) is 32.3. The second kappa shape index (κ2) is 9.42. The molecule has 0 saturated carbocycles. The molecule has 0 fully saturated rings. The average Bonchev–Trinajstić information content (AvgIpc) is 2.76. The van der Waals surface area contributed by atoms with Crippen LogP contribution < -0.4 is 5.56 Å². The fourth-order valence-electron chi connectivity index (χ4n) is 3.04. The number of carbonyl (C=O) groups is 1. The second-order valence-corrected chi connectivity index (χ2v) is 7.81. The van der Waals surface area contributed by atoms with E-state index in [4.69, 9.17) is 5.26 Å². The first-order chi connectivity index (χ1) is 14.4. The number of benzene rings is 2. The molecule has 7 heteroatoms. The van der Waals surface area contributed by atoms with Crippen molar-refractivity contribution < 1.29 is 4.79 Å². The lowest BCUT2D eigenvalue weighted by Gasteiger charge is -2.21. The first kappa shape index (κ1) is 21.3. The highest BCUT2D eigenvalue weighted by Crippen LogP contribution is 2.22. The largest absolute Gasteiger partial charge is 0.338 e.